The zero-order valence-electron chi connectivity index (χ0n) is 16.3. The number of likely N-dealkylation sites (N-methyl/N-ethyl adjacent to an activating group) is 1. The van der Waals surface area contributed by atoms with E-state index in [0.717, 1.165) is 44.9 Å². The van der Waals surface area contributed by atoms with Gasteiger partial charge in [-0.05, 0) is 68.8 Å². The summed E-state index contributed by atoms with van der Waals surface area (Å²) < 4.78 is 21.9. The zero-order chi connectivity index (χ0) is 18.3. The molecule has 0 saturated heterocycles. The Morgan fingerprint density at radius 2 is 1.81 bits per heavy atom. The van der Waals surface area contributed by atoms with E-state index in [0.29, 0.717) is 30.2 Å². The van der Waals surface area contributed by atoms with Crippen LogP contribution in [0.25, 0.3) is 0 Å². The highest BCUT2D eigenvalue weighted by Gasteiger charge is 2.67. The lowest BCUT2D eigenvalue weighted by atomic mass is 9.48. The third kappa shape index (κ3) is 2.11. The fourth-order valence-electron chi connectivity index (χ4n) is 7.32. The van der Waals surface area contributed by atoms with Gasteiger partial charge in [-0.25, -0.2) is 4.39 Å². The lowest BCUT2D eigenvalue weighted by Crippen LogP contribution is -2.60. The molecule has 4 heteroatoms. The van der Waals surface area contributed by atoms with Crippen LogP contribution in [0.3, 0.4) is 0 Å². The summed E-state index contributed by atoms with van der Waals surface area (Å²) in [5.41, 5.74) is -0.300. The number of hydrogen-bond donors (Lipinski definition) is 0. The number of fused-ring (bicyclic) bond motifs is 5. The van der Waals surface area contributed by atoms with E-state index in [2.05, 4.69) is 19.9 Å². The normalized spacial score (nSPS) is 53.2. The first-order chi connectivity index (χ1) is 12.3. The number of nitrogens with zero attached hydrogens (tertiary/aromatic N) is 1. The first kappa shape index (κ1) is 17.2. The van der Waals surface area contributed by atoms with Crippen molar-refractivity contribution >= 4 is 5.91 Å². The number of carbonyl (C=O) groups is 1. The second kappa shape index (κ2) is 5.33. The average molecular weight is 362 g/mol. The predicted molar refractivity (Wildman–Crippen MR) is 98.0 cm³/mol. The third-order valence-electron chi connectivity index (χ3n) is 9.02. The highest BCUT2D eigenvalue weighted by molar-refractivity contribution is 5.89. The quantitative estimate of drug-likeness (QED) is 0.726. The van der Waals surface area contributed by atoms with Crippen LogP contribution in [0.1, 0.15) is 65.2 Å². The number of ether oxygens (including phenoxy) is 1. The Hall–Kier alpha value is -0.900. The molecule has 7 atom stereocenters. The van der Waals surface area contributed by atoms with Crippen LogP contribution in [0.5, 0.6) is 0 Å². The molecule has 4 saturated carbocycles. The molecule has 0 aromatic heterocycles. The van der Waals surface area contributed by atoms with E-state index in [1.54, 1.807) is 6.08 Å². The monoisotopic (exact) mass is 361 g/mol. The van der Waals surface area contributed by atoms with Crippen LogP contribution in [0.2, 0.25) is 0 Å². The first-order valence-electron chi connectivity index (χ1n) is 10.6. The van der Waals surface area contributed by atoms with Gasteiger partial charge in [0.25, 0.3) is 0 Å². The summed E-state index contributed by atoms with van der Waals surface area (Å²) >= 11 is 0. The van der Waals surface area contributed by atoms with Crippen LogP contribution in [-0.4, -0.2) is 35.9 Å². The smallest absolute Gasteiger partial charge is 0.246 e. The average Bonchev–Trinajstić information content (AvgIpc) is 3.36. The molecule has 0 radical (unpaired) electrons. The fraction of sp³-hybridized carbons (Fsp3) is 0.864. The molecular formula is C22H32FNO2. The van der Waals surface area contributed by atoms with Crippen molar-refractivity contribution in [2.75, 3.05) is 7.05 Å². The van der Waals surface area contributed by atoms with Gasteiger partial charge in [0.05, 0.1) is 6.10 Å². The Labute approximate surface area is 156 Å². The van der Waals surface area contributed by atoms with Crippen LogP contribution in [0.15, 0.2) is 12.2 Å². The molecule has 5 aliphatic rings. The lowest BCUT2D eigenvalue weighted by Gasteiger charge is -2.60. The maximum atomic E-state index is 15.9. The van der Waals surface area contributed by atoms with Gasteiger partial charge in [-0.1, -0.05) is 19.9 Å². The SMILES string of the molecule is CN1C(=O)C=C[C@@]2(C)C1CC[C@@H]1[C@H]2CC[C@@]2(C)[C@H]1CCC2(F)OC1CC1. The molecule has 5 rings (SSSR count). The van der Waals surface area contributed by atoms with Crippen molar-refractivity contribution in [1.82, 2.24) is 4.90 Å². The van der Waals surface area contributed by atoms with Crippen LogP contribution >= 0.6 is 0 Å². The maximum Gasteiger partial charge on any atom is 0.246 e. The standard InChI is InChI=1S/C22H32FNO2/c1-20-11-10-19(25)24(3)18(20)7-6-15-16(20)8-12-21(2)17(15)9-13-22(21,23)26-14-4-5-14/h10-11,14-18H,4-9,12-13H2,1-3H3/t15-,16-,17+,18?,20-,21+,22?/m1/s1. The molecule has 0 bridgehead atoms. The molecule has 1 heterocycles. The van der Waals surface area contributed by atoms with Crippen LogP contribution < -0.4 is 0 Å². The summed E-state index contributed by atoms with van der Waals surface area (Å²) in [5.74, 6) is 0.236. The first-order valence-corrected chi connectivity index (χ1v) is 10.6. The highest BCUT2D eigenvalue weighted by Crippen LogP contribution is 2.68. The molecule has 4 fully saturated rings. The highest BCUT2D eigenvalue weighted by atomic mass is 19.2. The van der Waals surface area contributed by atoms with Gasteiger partial charge in [-0.2, -0.15) is 0 Å². The molecule has 1 amide bonds. The van der Waals surface area contributed by atoms with Gasteiger partial charge >= 0.3 is 0 Å². The molecule has 144 valence electrons. The van der Waals surface area contributed by atoms with Crippen LogP contribution in [-0.2, 0) is 9.53 Å². The summed E-state index contributed by atoms with van der Waals surface area (Å²) in [5, 5.41) is 0. The van der Waals surface area contributed by atoms with Crippen LogP contribution in [0.4, 0.5) is 4.39 Å². The minimum atomic E-state index is -1.42. The van der Waals surface area contributed by atoms with Gasteiger partial charge in [0.1, 0.15) is 0 Å². The van der Waals surface area contributed by atoms with Crippen molar-refractivity contribution in [2.45, 2.75) is 83.2 Å². The Morgan fingerprint density at radius 1 is 1.08 bits per heavy atom. The van der Waals surface area contributed by atoms with E-state index in [4.69, 9.17) is 4.74 Å². The number of halogens is 1. The number of hydrogen-bond acceptors (Lipinski definition) is 2. The largest absolute Gasteiger partial charge is 0.342 e. The Bertz CT molecular complexity index is 661. The molecule has 2 unspecified atom stereocenters. The lowest BCUT2D eigenvalue weighted by molar-refractivity contribution is -0.238. The summed E-state index contributed by atoms with van der Waals surface area (Å²) in [6.07, 6.45) is 11.9. The van der Waals surface area contributed by atoms with Gasteiger partial charge in [0, 0.05) is 30.3 Å². The van der Waals surface area contributed by atoms with Crippen molar-refractivity contribution in [3.8, 4) is 0 Å². The van der Waals surface area contributed by atoms with E-state index in [9.17, 15) is 4.79 Å². The minimum absolute atomic E-state index is 0.0336. The van der Waals surface area contributed by atoms with Gasteiger partial charge in [-0.15, -0.1) is 0 Å². The van der Waals surface area contributed by atoms with Crippen molar-refractivity contribution in [3.05, 3.63) is 12.2 Å². The number of carbonyl (C=O) groups excluding carboxylic acids is 1. The van der Waals surface area contributed by atoms with E-state index < -0.39 is 5.85 Å². The molecule has 0 aromatic rings. The molecule has 4 aliphatic carbocycles. The van der Waals surface area contributed by atoms with Gasteiger partial charge in [-0.3, -0.25) is 4.79 Å². The fourth-order valence-corrected chi connectivity index (χ4v) is 7.32. The molecule has 3 nitrogen and oxygen atoms in total. The van der Waals surface area contributed by atoms with Crippen LogP contribution in [0, 0.1) is 28.6 Å². The number of rotatable bonds is 2. The van der Waals surface area contributed by atoms with E-state index in [1.165, 1.54) is 0 Å². The summed E-state index contributed by atoms with van der Waals surface area (Å²) in [6.45, 7) is 4.51. The second-order valence-corrected chi connectivity index (χ2v) is 10.2. The Kier molecular flexibility index (Phi) is 3.53. The van der Waals surface area contributed by atoms with Crippen molar-refractivity contribution in [1.29, 1.82) is 0 Å². The minimum Gasteiger partial charge on any atom is -0.342 e. The maximum absolute atomic E-state index is 15.9. The summed E-state index contributed by atoms with van der Waals surface area (Å²) in [6, 6.07) is 0.296. The van der Waals surface area contributed by atoms with E-state index in [1.807, 2.05) is 11.9 Å². The van der Waals surface area contributed by atoms with E-state index in [-0.39, 0.29) is 22.8 Å². The van der Waals surface area contributed by atoms with Gasteiger partial charge in [0.2, 0.25) is 11.8 Å². The second-order valence-electron chi connectivity index (χ2n) is 10.2. The van der Waals surface area contributed by atoms with E-state index >= 15 is 4.39 Å². The predicted octanol–water partition coefficient (Wildman–Crippen LogP) is 4.47. The molecule has 26 heavy (non-hydrogen) atoms. The number of alkyl halides is 1. The molecule has 0 aromatic carbocycles. The third-order valence-corrected chi connectivity index (χ3v) is 9.02. The van der Waals surface area contributed by atoms with Gasteiger partial charge < -0.3 is 9.64 Å². The summed E-state index contributed by atoms with van der Waals surface area (Å²) in [7, 11) is 1.95. The summed E-state index contributed by atoms with van der Waals surface area (Å²) in [4.78, 5) is 14.1. The Morgan fingerprint density at radius 3 is 2.54 bits per heavy atom. The topological polar surface area (TPSA) is 29.5 Å². The molecule has 0 spiro atoms. The van der Waals surface area contributed by atoms with Gasteiger partial charge in [0.15, 0.2) is 0 Å². The zero-order valence-corrected chi connectivity index (χ0v) is 16.3. The molecule has 1 aliphatic heterocycles. The molecule has 0 N–H and O–H groups in total. The molecular weight excluding hydrogens is 329 g/mol. The Balaban J connectivity index is 1.46. The van der Waals surface area contributed by atoms with Crippen molar-refractivity contribution < 1.29 is 13.9 Å². The number of amides is 1. The van der Waals surface area contributed by atoms with Crippen molar-refractivity contribution in [2.24, 2.45) is 28.6 Å². The van der Waals surface area contributed by atoms with Crippen molar-refractivity contribution in [3.63, 3.8) is 0 Å².